The van der Waals surface area contributed by atoms with Crippen molar-refractivity contribution >= 4 is 0 Å². The summed E-state index contributed by atoms with van der Waals surface area (Å²) in [6.07, 6.45) is 8.75. The van der Waals surface area contributed by atoms with Crippen LogP contribution in [0.25, 0.3) is 0 Å². The zero-order valence-corrected chi connectivity index (χ0v) is 18.3. The molecule has 1 aromatic carbocycles. The van der Waals surface area contributed by atoms with E-state index in [9.17, 15) is 0 Å². The molecule has 2 rings (SSSR count). The summed E-state index contributed by atoms with van der Waals surface area (Å²) in [4.78, 5) is 0. The average molecular weight is 385 g/mol. The number of benzene rings is 1. The van der Waals surface area contributed by atoms with Crippen LogP contribution in [0, 0.1) is 6.08 Å². The predicted octanol–water partition coefficient (Wildman–Crippen LogP) is 4.47. The molecule has 1 atom stereocenters. The van der Waals surface area contributed by atoms with Crippen LogP contribution in [0.3, 0.4) is 0 Å². The van der Waals surface area contributed by atoms with Gasteiger partial charge in [-0.05, 0) is 59.4 Å². The summed E-state index contributed by atoms with van der Waals surface area (Å²) in [5, 5.41) is 24.2. The van der Waals surface area contributed by atoms with Crippen LogP contribution in [-0.2, 0) is 21.7 Å². The molecule has 0 spiro atoms. The Morgan fingerprint density at radius 2 is 1.24 bits per heavy atom. The predicted molar refractivity (Wildman–Crippen MR) is 103 cm³/mol. The minimum Gasteiger partial charge on any atom is -0.500 e. The summed E-state index contributed by atoms with van der Waals surface area (Å²) in [5.74, 6) is 0.625. The van der Waals surface area contributed by atoms with E-state index in [0.29, 0.717) is 5.92 Å². The third-order valence-corrected chi connectivity index (χ3v) is 2.38. The van der Waals surface area contributed by atoms with Crippen molar-refractivity contribution in [3.05, 3.63) is 48.0 Å². The zero-order valence-electron chi connectivity index (χ0n) is 16.7. The maximum atomic E-state index is 8.06. The van der Waals surface area contributed by atoms with Gasteiger partial charge in [-0.2, -0.15) is 6.42 Å². The van der Waals surface area contributed by atoms with Crippen molar-refractivity contribution in [2.45, 2.75) is 85.0 Å². The number of aliphatic hydroxyl groups excluding tert-OH is 3. The van der Waals surface area contributed by atoms with E-state index in [1.165, 1.54) is 18.4 Å². The molecule has 0 amide bonds. The van der Waals surface area contributed by atoms with Gasteiger partial charge in [-0.1, -0.05) is 36.8 Å². The van der Waals surface area contributed by atoms with E-state index in [2.05, 4.69) is 42.5 Å². The summed E-state index contributed by atoms with van der Waals surface area (Å²) >= 11 is 0. The summed E-state index contributed by atoms with van der Waals surface area (Å²) < 4.78 is 0. The Morgan fingerprint density at radius 1 is 0.840 bits per heavy atom. The monoisotopic (exact) mass is 385 g/mol. The van der Waals surface area contributed by atoms with Crippen molar-refractivity contribution in [2.75, 3.05) is 0 Å². The van der Waals surface area contributed by atoms with Gasteiger partial charge in [-0.3, -0.25) is 6.08 Å². The summed E-state index contributed by atoms with van der Waals surface area (Å²) in [6, 6.07) is 10.7. The topological polar surface area (TPSA) is 60.7 Å². The van der Waals surface area contributed by atoms with Crippen molar-refractivity contribution in [3.63, 3.8) is 0 Å². The molecule has 25 heavy (non-hydrogen) atoms. The van der Waals surface area contributed by atoms with E-state index in [0.717, 1.165) is 6.42 Å². The fourth-order valence-electron chi connectivity index (χ4n) is 1.70. The summed E-state index contributed by atoms with van der Waals surface area (Å²) in [5.41, 5.74) is 1.43. The van der Waals surface area contributed by atoms with Crippen LogP contribution in [0.4, 0.5) is 0 Å². The van der Waals surface area contributed by atoms with E-state index in [1.807, 2.05) is 0 Å². The maximum absolute atomic E-state index is 8.06. The smallest absolute Gasteiger partial charge is 0.0483 e. The maximum Gasteiger partial charge on any atom is 0.0483 e. The Labute approximate surface area is 170 Å². The first-order valence-corrected chi connectivity index (χ1v) is 8.82. The molecule has 0 saturated carbocycles. The fourth-order valence-corrected chi connectivity index (χ4v) is 1.70. The Balaban J connectivity index is -0.000000314. The van der Waals surface area contributed by atoms with Crippen molar-refractivity contribution in [1.82, 2.24) is 0 Å². The van der Waals surface area contributed by atoms with Gasteiger partial charge in [0.05, 0.1) is 0 Å². The van der Waals surface area contributed by atoms with E-state index in [1.54, 1.807) is 41.5 Å². The van der Waals surface area contributed by atoms with E-state index >= 15 is 0 Å². The molecule has 144 valence electrons. The summed E-state index contributed by atoms with van der Waals surface area (Å²) in [6.45, 7) is 10.3. The quantitative estimate of drug-likeness (QED) is 0.494. The third kappa shape index (κ3) is 28.6. The number of aliphatic hydroxyl groups is 3. The average Bonchev–Trinajstić information content (AvgIpc) is 2.47. The van der Waals surface area contributed by atoms with Gasteiger partial charge in [0.2, 0.25) is 0 Å². The molecule has 1 aliphatic carbocycles. The Hall–Kier alpha value is -0.446. The molecule has 0 radical (unpaired) electrons. The van der Waals surface area contributed by atoms with E-state index in [4.69, 9.17) is 15.3 Å². The Bertz CT molecular complexity index is 367. The first-order chi connectivity index (χ1) is 11.2. The molecule has 0 bridgehead atoms. The van der Waals surface area contributed by atoms with Gasteiger partial charge in [0.25, 0.3) is 0 Å². The fraction of sp³-hybridized carbons (Fsp3) is 0.619. The molecule has 0 unspecified atom stereocenters. The zero-order chi connectivity index (χ0) is 19.0. The normalized spacial score (nSPS) is 15.1. The number of hydrogen-bond donors (Lipinski definition) is 3. The van der Waals surface area contributed by atoms with Crippen molar-refractivity contribution < 1.29 is 37.0 Å². The van der Waals surface area contributed by atoms with Crippen LogP contribution in [0.2, 0.25) is 0 Å². The van der Waals surface area contributed by atoms with Gasteiger partial charge in [0.1, 0.15) is 0 Å². The molecular weight excluding hydrogens is 348 g/mol. The minimum absolute atomic E-state index is 0. The standard InChI is InChI=1S/C12H13.3C3H8O.Ti/c1-3-7-11(8-4-1)12-9-5-2-6-10-12;3*1-3(2)4;/h1,3-4,7-8,10,12H,2,5,9H2;3*3-4H,1-2H3;/q-1;;;;/t12-;;;;/m0..../s1. The molecule has 0 aromatic heterocycles. The van der Waals surface area contributed by atoms with Crippen LogP contribution in [0.1, 0.15) is 72.3 Å². The summed E-state index contributed by atoms with van der Waals surface area (Å²) in [7, 11) is 0. The minimum atomic E-state index is -0.167. The molecule has 3 nitrogen and oxygen atoms in total. The van der Waals surface area contributed by atoms with Gasteiger partial charge < -0.3 is 21.4 Å². The Morgan fingerprint density at radius 3 is 1.56 bits per heavy atom. The molecule has 1 aromatic rings. The second-order valence-electron chi connectivity index (χ2n) is 6.56. The van der Waals surface area contributed by atoms with Crippen LogP contribution in [0.5, 0.6) is 0 Å². The van der Waals surface area contributed by atoms with Crippen LogP contribution in [0.15, 0.2) is 36.4 Å². The number of allylic oxidation sites excluding steroid dienone is 2. The Kier molecular flexibility index (Phi) is 23.3. The van der Waals surface area contributed by atoms with E-state index < -0.39 is 0 Å². The molecule has 0 saturated heterocycles. The van der Waals surface area contributed by atoms with Crippen molar-refractivity contribution in [3.8, 4) is 0 Å². The number of hydrogen-bond acceptors (Lipinski definition) is 3. The van der Waals surface area contributed by atoms with Crippen molar-refractivity contribution in [2.24, 2.45) is 0 Å². The van der Waals surface area contributed by atoms with Gasteiger partial charge >= 0.3 is 0 Å². The first kappa shape index (κ1) is 29.3. The first-order valence-electron chi connectivity index (χ1n) is 8.82. The second kappa shape index (κ2) is 19.9. The van der Waals surface area contributed by atoms with Crippen LogP contribution < -0.4 is 0 Å². The van der Waals surface area contributed by atoms with Gasteiger partial charge in [0, 0.05) is 40.0 Å². The molecule has 0 aliphatic heterocycles. The molecule has 0 fully saturated rings. The van der Waals surface area contributed by atoms with Crippen LogP contribution in [-0.4, -0.2) is 33.6 Å². The SMILES string of the molecule is CC(C)O.CC(C)O.CC(C)O.[C-]1=C[C@@H](c2ccccc2)CCC1.[Ti]. The number of rotatable bonds is 1. The van der Waals surface area contributed by atoms with Gasteiger partial charge in [-0.15, -0.1) is 0 Å². The molecule has 3 N–H and O–H groups in total. The second-order valence-corrected chi connectivity index (χ2v) is 6.56. The largest absolute Gasteiger partial charge is 0.500 e. The molecule has 1 aliphatic rings. The molecular formula is C21H37O3Ti-. The molecule has 0 heterocycles. The van der Waals surface area contributed by atoms with Gasteiger partial charge in [0.15, 0.2) is 0 Å². The molecule has 4 heteroatoms. The van der Waals surface area contributed by atoms with Gasteiger partial charge in [-0.25, -0.2) is 0 Å². The van der Waals surface area contributed by atoms with Crippen LogP contribution >= 0.6 is 0 Å². The van der Waals surface area contributed by atoms with Crippen molar-refractivity contribution in [1.29, 1.82) is 0 Å². The third-order valence-electron chi connectivity index (χ3n) is 2.38. The van der Waals surface area contributed by atoms with E-state index in [-0.39, 0.29) is 40.0 Å².